The molecule has 0 spiro atoms. The maximum absolute atomic E-state index is 13.5. The molecular weight excluding hydrogens is 584 g/mol. The highest BCUT2D eigenvalue weighted by molar-refractivity contribution is 9.11. The molecule has 34 heavy (non-hydrogen) atoms. The molecule has 0 radical (unpaired) electrons. The third-order valence-electron chi connectivity index (χ3n) is 5.96. The number of rotatable bonds is 5. The largest absolute Gasteiger partial charge is 0.336 e. The second-order valence-corrected chi connectivity index (χ2v) is 12.2. The lowest BCUT2D eigenvalue weighted by Gasteiger charge is -2.34. The summed E-state index contributed by atoms with van der Waals surface area (Å²) in [7, 11) is -3.69. The quantitative estimate of drug-likeness (QED) is 0.409. The van der Waals surface area contributed by atoms with Crippen LogP contribution in [0.5, 0.6) is 0 Å². The average Bonchev–Trinajstić information content (AvgIpc) is 3.26. The van der Waals surface area contributed by atoms with Gasteiger partial charge in [0.15, 0.2) is 0 Å². The summed E-state index contributed by atoms with van der Waals surface area (Å²) in [4.78, 5) is 15.4. The Morgan fingerprint density at radius 3 is 2.35 bits per heavy atom. The molecule has 4 rings (SSSR count). The molecule has 0 N–H and O–H groups in total. The van der Waals surface area contributed by atoms with Crippen LogP contribution in [-0.2, 0) is 10.0 Å². The van der Waals surface area contributed by atoms with Crippen LogP contribution in [0.2, 0.25) is 0 Å². The van der Waals surface area contributed by atoms with Crippen LogP contribution in [0.3, 0.4) is 0 Å². The molecule has 1 aromatic heterocycles. The molecule has 7 nitrogen and oxygen atoms in total. The van der Waals surface area contributed by atoms with E-state index in [0.717, 1.165) is 16.9 Å². The summed E-state index contributed by atoms with van der Waals surface area (Å²) in [5, 5.41) is 4.55. The zero-order valence-electron chi connectivity index (χ0n) is 19.2. The van der Waals surface area contributed by atoms with Crippen LogP contribution in [0.1, 0.15) is 41.4 Å². The lowest BCUT2D eigenvalue weighted by atomic mass is 10.0. The topological polar surface area (TPSA) is 75.5 Å². The van der Waals surface area contributed by atoms with Crippen molar-refractivity contribution in [2.24, 2.45) is 0 Å². The van der Waals surface area contributed by atoms with Gasteiger partial charge < -0.3 is 4.90 Å². The number of carbonyl (C=O) groups excluding carboxylic acids is 1. The fourth-order valence-corrected chi connectivity index (χ4v) is 7.07. The first-order valence-corrected chi connectivity index (χ1v) is 14.0. The van der Waals surface area contributed by atoms with E-state index in [4.69, 9.17) is 0 Å². The number of carbonyl (C=O) groups is 1. The van der Waals surface area contributed by atoms with E-state index < -0.39 is 10.0 Å². The molecule has 0 atom stereocenters. The summed E-state index contributed by atoms with van der Waals surface area (Å²) in [6.07, 6.45) is 1.63. The Hall–Kier alpha value is -2.01. The standard InChI is InChI=1S/C24H26Br2N4O3S/c1-16(2)23-19(15-27-30(23)21-7-5-4-6-17(21)3)24(31)28-10-12-29(13-11-28)34(32,33)22-14-18(25)8-9-20(22)26/h4-9,14-16H,10-13H2,1-3H3. The summed E-state index contributed by atoms with van der Waals surface area (Å²) < 4.78 is 30.9. The van der Waals surface area contributed by atoms with Crippen LogP contribution in [0, 0.1) is 6.92 Å². The second-order valence-electron chi connectivity index (χ2n) is 8.57. The molecule has 1 saturated heterocycles. The van der Waals surface area contributed by atoms with Crippen molar-refractivity contribution in [1.82, 2.24) is 19.0 Å². The Morgan fingerprint density at radius 2 is 1.71 bits per heavy atom. The number of para-hydroxylation sites is 1. The van der Waals surface area contributed by atoms with Crippen molar-refractivity contribution in [3.05, 3.63) is 74.4 Å². The van der Waals surface area contributed by atoms with Crippen molar-refractivity contribution in [1.29, 1.82) is 0 Å². The first-order chi connectivity index (χ1) is 16.1. The first kappa shape index (κ1) is 25.1. The van der Waals surface area contributed by atoms with Gasteiger partial charge in [-0.2, -0.15) is 9.40 Å². The zero-order chi connectivity index (χ0) is 24.6. The lowest BCUT2D eigenvalue weighted by Crippen LogP contribution is -2.50. The highest BCUT2D eigenvalue weighted by atomic mass is 79.9. The van der Waals surface area contributed by atoms with Gasteiger partial charge in [-0.15, -0.1) is 0 Å². The Labute approximate surface area is 217 Å². The van der Waals surface area contributed by atoms with E-state index in [-0.39, 0.29) is 29.8 Å². The third-order valence-corrected chi connectivity index (χ3v) is 9.35. The van der Waals surface area contributed by atoms with Gasteiger partial charge in [-0.25, -0.2) is 13.1 Å². The highest BCUT2D eigenvalue weighted by Crippen LogP contribution is 2.30. The third kappa shape index (κ3) is 4.73. The number of benzene rings is 2. The summed E-state index contributed by atoms with van der Waals surface area (Å²) >= 11 is 6.69. The molecule has 0 unspecified atom stereocenters. The molecule has 10 heteroatoms. The number of sulfonamides is 1. The zero-order valence-corrected chi connectivity index (χ0v) is 23.2. The highest BCUT2D eigenvalue weighted by Gasteiger charge is 2.33. The molecule has 1 aliphatic rings. The van der Waals surface area contributed by atoms with Gasteiger partial charge in [0.1, 0.15) is 0 Å². The molecule has 1 fully saturated rings. The Bertz CT molecular complexity index is 1330. The van der Waals surface area contributed by atoms with Gasteiger partial charge in [0.05, 0.1) is 28.0 Å². The van der Waals surface area contributed by atoms with Gasteiger partial charge in [-0.1, -0.05) is 48.0 Å². The number of aryl methyl sites for hydroxylation is 1. The predicted octanol–water partition coefficient (Wildman–Crippen LogP) is 4.98. The molecule has 1 amide bonds. The second kappa shape index (κ2) is 9.93. The summed E-state index contributed by atoms with van der Waals surface area (Å²) in [6, 6.07) is 13.0. The molecule has 1 aliphatic heterocycles. The van der Waals surface area contributed by atoms with Crippen molar-refractivity contribution in [2.75, 3.05) is 26.2 Å². The monoisotopic (exact) mass is 608 g/mol. The smallest absolute Gasteiger partial charge is 0.257 e. The van der Waals surface area contributed by atoms with E-state index in [1.165, 1.54) is 4.31 Å². The van der Waals surface area contributed by atoms with Crippen LogP contribution in [0.15, 0.2) is 62.5 Å². The van der Waals surface area contributed by atoms with Crippen LogP contribution in [0.25, 0.3) is 5.69 Å². The lowest BCUT2D eigenvalue weighted by molar-refractivity contribution is 0.0696. The summed E-state index contributed by atoms with van der Waals surface area (Å²) in [5.41, 5.74) is 3.43. The van der Waals surface area contributed by atoms with Crippen molar-refractivity contribution in [3.8, 4) is 5.69 Å². The van der Waals surface area contributed by atoms with Crippen molar-refractivity contribution >= 4 is 47.8 Å². The van der Waals surface area contributed by atoms with Crippen LogP contribution < -0.4 is 0 Å². The molecule has 2 heterocycles. The summed E-state index contributed by atoms with van der Waals surface area (Å²) in [6.45, 7) is 7.21. The molecule has 0 saturated carbocycles. The van der Waals surface area contributed by atoms with Gasteiger partial charge >= 0.3 is 0 Å². The number of halogens is 2. The van der Waals surface area contributed by atoms with Gasteiger partial charge in [0.2, 0.25) is 10.0 Å². The molecule has 0 bridgehead atoms. The first-order valence-electron chi connectivity index (χ1n) is 11.0. The minimum Gasteiger partial charge on any atom is -0.336 e. The minimum absolute atomic E-state index is 0.0802. The van der Waals surface area contributed by atoms with E-state index in [0.29, 0.717) is 27.6 Å². The fourth-order valence-electron chi connectivity index (χ4n) is 4.19. The normalized spacial score (nSPS) is 15.2. The molecule has 180 valence electrons. The molecule has 3 aromatic rings. The Kier molecular flexibility index (Phi) is 7.33. The number of nitrogens with zero attached hydrogens (tertiary/aromatic N) is 4. The number of aromatic nitrogens is 2. The number of hydrogen-bond donors (Lipinski definition) is 0. The van der Waals surface area contributed by atoms with Gasteiger partial charge in [-0.3, -0.25) is 4.79 Å². The van der Waals surface area contributed by atoms with E-state index in [1.54, 1.807) is 29.3 Å². The van der Waals surface area contributed by atoms with Crippen molar-refractivity contribution < 1.29 is 13.2 Å². The maximum Gasteiger partial charge on any atom is 0.257 e. The van der Waals surface area contributed by atoms with E-state index in [1.807, 2.05) is 49.7 Å². The van der Waals surface area contributed by atoms with Gasteiger partial charge in [0, 0.05) is 35.1 Å². The fraction of sp³-hybridized carbons (Fsp3) is 0.333. The predicted molar refractivity (Wildman–Crippen MR) is 139 cm³/mol. The Morgan fingerprint density at radius 1 is 1.03 bits per heavy atom. The summed E-state index contributed by atoms with van der Waals surface area (Å²) in [5.74, 6) is -0.0409. The van der Waals surface area contributed by atoms with Crippen molar-refractivity contribution in [2.45, 2.75) is 31.6 Å². The van der Waals surface area contributed by atoms with Crippen LogP contribution in [0.4, 0.5) is 0 Å². The number of hydrogen-bond acceptors (Lipinski definition) is 4. The number of amides is 1. The van der Waals surface area contributed by atoms with E-state index in [2.05, 4.69) is 37.0 Å². The van der Waals surface area contributed by atoms with Crippen LogP contribution in [-0.4, -0.2) is 59.5 Å². The molecular formula is C24H26Br2N4O3S. The van der Waals surface area contributed by atoms with E-state index in [9.17, 15) is 13.2 Å². The Balaban J connectivity index is 1.55. The van der Waals surface area contributed by atoms with Gasteiger partial charge in [-0.05, 0) is 58.6 Å². The number of piperazine rings is 1. The molecule has 2 aromatic carbocycles. The molecule has 0 aliphatic carbocycles. The van der Waals surface area contributed by atoms with Crippen LogP contribution >= 0.6 is 31.9 Å². The van der Waals surface area contributed by atoms with Gasteiger partial charge in [0.25, 0.3) is 5.91 Å². The van der Waals surface area contributed by atoms with Crippen molar-refractivity contribution in [3.63, 3.8) is 0 Å². The minimum atomic E-state index is -3.69. The average molecular weight is 610 g/mol. The van der Waals surface area contributed by atoms with E-state index >= 15 is 0 Å². The maximum atomic E-state index is 13.5. The SMILES string of the molecule is Cc1ccccc1-n1ncc(C(=O)N2CCN(S(=O)(=O)c3cc(Br)ccc3Br)CC2)c1C(C)C.